The van der Waals surface area contributed by atoms with Gasteiger partial charge < -0.3 is 14.4 Å². The van der Waals surface area contributed by atoms with Crippen LogP contribution in [0.2, 0.25) is 10.0 Å². The normalized spacial score (nSPS) is 11.7. The maximum atomic E-state index is 11.7. The van der Waals surface area contributed by atoms with Gasteiger partial charge in [0.2, 0.25) is 5.89 Å². The second kappa shape index (κ2) is 6.51. The predicted molar refractivity (Wildman–Crippen MR) is 89.8 cm³/mol. The number of oxime groups is 1. The molecule has 6 nitrogen and oxygen atoms in total. The number of benzene rings is 2. The molecule has 0 saturated carbocycles. The van der Waals surface area contributed by atoms with E-state index in [1.54, 1.807) is 36.4 Å². The lowest BCUT2D eigenvalue weighted by atomic mass is 10.1. The maximum Gasteiger partial charge on any atom is 0.360 e. The molecule has 3 rings (SSSR count). The first kappa shape index (κ1) is 16.3. The van der Waals surface area contributed by atoms with Crippen molar-refractivity contribution in [2.75, 3.05) is 7.11 Å². The lowest BCUT2D eigenvalue weighted by molar-refractivity contribution is -0.132. The van der Waals surface area contributed by atoms with Crippen molar-refractivity contribution in [3.8, 4) is 11.5 Å². The molecular formula is C16H10Cl2N2O4. The van der Waals surface area contributed by atoms with E-state index >= 15 is 0 Å². The van der Waals surface area contributed by atoms with Gasteiger partial charge in [-0.3, -0.25) is 0 Å². The van der Waals surface area contributed by atoms with Crippen LogP contribution >= 0.6 is 23.2 Å². The van der Waals surface area contributed by atoms with Gasteiger partial charge in [-0.15, -0.1) is 0 Å². The Morgan fingerprint density at radius 2 is 2.08 bits per heavy atom. The molecule has 1 heterocycles. The van der Waals surface area contributed by atoms with E-state index in [2.05, 4.69) is 14.9 Å². The van der Waals surface area contributed by atoms with Crippen molar-refractivity contribution >= 4 is 46.0 Å². The van der Waals surface area contributed by atoms with Crippen LogP contribution in [0, 0.1) is 0 Å². The second-order valence-corrected chi connectivity index (χ2v) is 5.58. The topological polar surface area (TPSA) is 84.9 Å². The number of carbonyl (C=O) groups excluding carboxylic acids is 1. The summed E-state index contributed by atoms with van der Waals surface area (Å²) in [6, 6.07) is 9.80. The molecule has 3 aromatic rings. The summed E-state index contributed by atoms with van der Waals surface area (Å²) in [5.41, 5.74) is 1.30. The molecular weight excluding hydrogens is 355 g/mol. The fourth-order valence-electron chi connectivity index (χ4n) is 2.22. The van der Waals surface area contributed by atoms with Crippen LogP contribution in [0.4, 0.5) is 0 Å². The molecule has 0 atom stereocenters. The molecule has 0 amide bonds. The van der Waals surface area contributed by atoms with E-state index in [0.29, 0.717) is 26.7 Å². The molecule has 8 heteroatoms. The van der Waals surface area contributed by atoms with Gasteiger partial charge in [-0.25, -0.2) is 9.78 Å². The fraction of sp³-hybridized carbons (Fsp3) is 0.0625. The van der Waals surface area contributed by atoms with E-state index in [9.17, 15) is 4.79 Å². The van der Waals surface area contributed by atoms with Gasteiger partial charge in [-0.2, -0.15) is 0 Å². The molecule has 0 saturated heterocycles. The molecule has 0 spiro atoms. The molecule has 1 aromatic heterocycles. The standard InChI is InChI=1S/C16H10Cl2N2O4/c1-23-16(21)14(20-22)10-3-2-4-12-13(10)19-15(24-12)9-6-5-8(17)7-11(9)18/h2-7,22H,1H3. The number of para-hydroxylation sites is 1. The zero-order valence-corrected chi connectivity index (χ0v) is 13.8. The van der Waals surface area contributed by atoms with Gasteiger partial charge in [-0.05, 0) is 30.3 Å². The molecule has 0 aliphatic heterocycles. The Kier molecular flexibility index (Phi) is 4.42. The lowest BCUT2D eigenvalue weighted by Gasteiger charge is -2.02. The van der Waals surface area contributed by atoms with Crippen molar-refractivity contribution in [2.24, 2.45) is 5.16 Å². The number of oxazole rings is 1. The average molecular weight is 365 g/mol. The van der Waals surface area contributed by atoms with Gasteiger partial charge in [0.25, 0.3) is 0 Å². The summed E-state index contributed by atoms with van der Waals surface area (Å²) >= 11 is 12.1. The molecule has 0 fully saturated rings. The van der Waals surface area contributed by atoms with Crippen LogP contribution in [0.25, 0.3) is 22.6 Å². The van der Waals surface area contributed by atoms with Gasteiger partial charge in [0, 0.05) is 10.6 Å². The van der Waals surface area contributed by atoms with Crippen molar-refractivity contribution in [3.05, 3.63) is 52.0 Å². The van der Waals surface area contributed by atoms with E-state index in [4.69, 9.17) is 32.8 Å². The number of hydrogen-bond donors (Lipinski definition) is 1. The Bertz CT molecular complexity index is 966. The minimum absolute atomic E-state index is 0.251. The summed E-state index contributed by atoms with van der Waals surface area (Å²) in [7, 11) is 1.19. The van der Waals surface area contributed by atoms with Crippen LogP contribution < -0.4 is 0 Å². The molecule has 0 unspecified atom stereocenters. The van der Waals surface area contributed by atoms with Gasteiger partial charge >= 0.3 is 5.97 Å². The first-order chi connectivity index (χ1) is 11.5. The first-order valence-electron chi connectivity index (χ1n) is 6.71. The largest absolute Gasteiger partial charge is 0.464 e. The van der Waals surface area contributed by atoms with Gasteiger partial charge in [0.05, 0.1) is 17.7 Å². The molecule has 0 radical (unpaired) electrons. The SMILES string of the molecule is COC(=O)C(=NO)c1cccc2oc(-c3ccc(Cl)cc3Cl)nc12. The first-order valence-corrected chi connectivity index (χ1v) is 7.46. The van der Waals surface area contributed by atoms with E-state index in [1.807, 2.05) is 0 Å². The Balaban J connectivity index is 2.19. The molecule has 0 bridgehead atoms. The highest BCUT2D eigenvalue weighted by Gasteiger charge is 2.22. The number of esters is 1. The monoisotopic (exact) mass is 364 g/mol. The lowest BCUT2D eigenvalue weighted by Crippen LogP contribution is -2.17. The quantitative estimate of drug-likeness (QED) is 0.326. The summed E-state index contributed by atoms with van der Waals surface area (Å²) in [4.78, 5) is 16.1. The van der Waals surface area contributed by atoms with Crippen LogP contribution in [0.1, 0.15) is 5.56 Å². The van der Waals surface area contributed by atoms with E-state index in [1.165, 1.54) is 7.11 Å². The van der Waals surface area contributed by atoms with E-state index in [-0.39, 0.29) is 17.2 Å². The van der Waals surface area contributed by atoms with Crippen molar-refractivity contribution in [3.63, 3.8) is 0 Å². The fourth-order valence-corrected chi connectivity index (χ4v) is 2.71. The number of carbonyl (C=O) groups is 1. The average Bonchev–Trinajstić information content (AvgIpc) is 2.99. The second-order valence-electron chi connectivity index (χ2n) is 4.74. The number of ether oxygens (including phenoxy) is 1. The minimum atomic E-state index is -0.793. The highest BCUT2D eigenvalue weighted by molar-refractivity contribution is 6.45. The Hall–Kier alpha value is -2.57. The number of fused-ring (bicyclic) bond motifs is 1. The maximum absolute atomic E-state index is 11.7. The zero-order chi connectivity index (χ0) is 17.3. The Morgan fingerprint density at radius 3 is 2.75 bits per heavy atom. The van der Waals surface area contributed by atoms with Gasteiger partial charge in [0.1, 0.15) is 5.52 Å². The third kappa shape index (κ3) is 2.81. The van der Waals surface area contributed by atoms with Crippen molar-refractivity contribution in [1.29, 1.82) is 0 Å². The van der Waals surface area contributed by atoms with Crippen molar-refractivity contribution in [2.45, 2.75) is 0 Å². The van der Waals surface area contributed by atoms with Gasteiger partial charge in [0.15, 0.2) is 11.3 Å². The van der Waals surface area contributed by atoms with Crippen molar-refractivity contribution < 1.29 is 19.2 Å². The highest BCUT2D eigenvalue weighted by Crippen LogP contribution is 2.32. The summed E-state index contributed by atoms with van der Waals surface area (Å²) in [6.07, 6.45) is 0. The summed E-state index contributed by atoms with van der Waals surface area (Å²) in [5, 5.41) is 13.0. The van der Waals surface area contributed by atoms with Crippen LogP contribution in [-0.2, 0) is 9.53 Å². The number of methoxy groups -OCH3 is 1. The molecule has 1 N–H and O–H groups in total. The summed E-state index contributed by atoms with van der Waals surface area (Å²) in [6.45, 7) is 0. The third-order valence-corrected chi connectivity index (χ3v) is 3.86. The number of rotatable bonds is 3. The van der Waals surface area contributed by atoms with E-state index < -0.39 is 5.97 Å². The number of aromatic nitrogens is 1. The number of nitrogens with zero attached hydrogens (tertiary/aromatic N) is 2. The summed E-state index contributed by atoms with van der Waals surface area (Å²) in [5.74, 6) is -0.541. The number of halogens is 2. The van der Waals surface area contributed by atoms with Crippen LogP contribution in [-0.4, -0.2) is 29.0 Å². The molecule has 0 aliphatic rings. The molecule has 0 aliphatic carbocycles. The van der Waals surface area contributed by atoms with Crippen LogP contribution in [0.3, 0.4) is 0 Å². The Morgan fingerprint density at radius 1 is 1.29 bits per heavy atom. The molecule has 122 valence electrons. The van der Waals surface area contributed by atoms with Gasteiger partial charge in [-0.1, -0.05) is 34.4 Å². The highest BCUT2D eigenvalue weighted by atomic mass is 35.5. The minimum Gasteiger partial charge on any atom is -0.464 e. The Labute approximate surface area is 146 Å². The van der Waals surface area contributed by atoms with Crippen LogP contribution in [0.15, 0.2) is 46.0 Å². The van der Waals surface area contributed by atoms with Crippen LogP contribution in [0.5, 0.6) is 0 Å². The zero-order valence-electron chi connectivity index (χ0n) is 12.3. The third-order valence-electron chi connectivity index (χ3n) is 3.31. The predicted octanol–water partition coefficient (Wildman–Crippen LogP) is 4.15. The molecule has 2 aromatic carbocycles. The summed E-state index contributed by atoms with van der Waals surface area (Å²) < 4.78 is 10.3. The molecule has 24 heavy (non-hydrogen) atoms. The smallest absolute Gasteiger partial charge is 0.360 e. The number of hydrogen-bond acceptors (Lipinski definition) is 6. The van der Waals surface area contributed by atoms with Crippen molar-refractivity contribution in [1.82, 2.24) is 4.98 Å². The van der Waals surface area contributed by atoms with E-state index in [0.717, 1.165) is 0 Å².